The van der Waals surface area contributed by atoms with Crippen molar-refractivity contribution in [1.82, 2.24) is 14.5 Å². The van der Waals surface area contributed by atoms with E-state index in [9.17, 15) is 14.4 Å². The number of hydrogen-bond acceptors (Lipinski definition) is 4. The third kappa shape index (κ3) is 3.94. The van der Waals surface area contributed by atoms with E-state index in [-0.39, 0.29) is 18.0 Å². The Bertz CT molecular complexity index is 1140. The minimum absolute atomic E-state index is 0.116. The van der Waals surface area contributed by atoms with E-state index in [1.165, 1.54) is 15.9 Å². The minimum atomic E-state index is -0.502. The molecule has 0 spiro atoms. The zero-order valence-electron chi connectivity index (χ0n) is 16.6. The maximum Gasteiger partial charge on any atom is 0.336 e. The zero-order valence-corrected chi connectivity index (χ0v) is 17.4. The number of rotatable bonds is 6. The van der Waals surface area contributed by atoms with E-state index in [1.807, 2.05) is 26.0 Å². The Morgan fingerprint density at radius 3 is 2.57 bits per heavy atom. The van der Waals surface area contributed by atoms with Crippen LogP contribution >= 0.6 is 11.3 Å². The van der Waals surface area contributed by atoms with Gasteiger partial charge in [-0.2, -0.15) is 0 Å². The summed E-state index contributed by atoms with van der Waals surface area (Å²) in [5, 5.41) is 4.62. The molecular formula is C21H25N3O3S. The third-order valence-corrected chi connectivity index (χ3v) is 5.74. The van der Waals surface area contributed by atoms with Crippen LogP contribution in [0.4, 0.5) is 0 Å². The number of thiophene rings is 1. The van der Waals surface area contributed by atoms with Gasteiger partial charge in [0, 0.05) is 6.54 Å². The van der Waals surface area contributed by atoms with Crippen LogP contribution in [-0.2, 0) is 11.3 Å². The zero-order chi connectivity index (χ0) is 20.4. The highest BCUT2D eigenvalue weighted by atomic mass is 32.1. The summed E-state index contributed by atoms with van der Waals surface area (Å²) in [7, 11) is 0. The summed E-state index contributed by atoms with van der Waals surface area (Å²) in [6.45, 7) is 8.54. The highest BCUT2D eigenvalue weighted by Crippen LogP contribution is 2.17. The van der Waals surface area contributed by atoms with Crippen LogP contribution in [0.25, 0.3) is 15.9 Å². The Morgan fingerprint density at radius 1 is 1.14 bits per heavy atom. The third-order valence-electron chi connectivity index (χ3n) is 4.85. The monoisotopic (exact) mass is 399 g/mol. The van der Waals surface area contributed by atoms with Crippen LogP contribution in [0, 0.1) is 19.8 Å². The van der Waals surface area contributed by atoms with Gasteiger partial charge in [-0.25, -0.2) is 9.36 Å². The Morgan fingerprint density at radius 2 is 1.89 bits per heavy atom. The summed E-state index contributed by atoms with van der Waals surface area (Å²) in [5.74, 6) is 0.249. The summed E-state index contributed by atoms with van der Waals surface area (Å²) in [6, 6.07) is 7.19. The molecule has 0 aliphatic heterocycles. The number of hydrogen-bond donors (Lipinski definition) is 1. The van der Waals surface area contributed by atoms with Gasteiger partial charge in [0.25, 0.3) is 5.56 Å². The first-order valence-electron chi connectivity index (χ1n) is 9.37. The molecule has 2 aromatic heterocycles. The average Bonchev–Trinajstić information content (AvgIpc) is 3.11. The van der Waals surface area contributed by atoms with Gasteiger partial charge in [0.1, 0.15) is 11.2 Å². The van der Waals surface area contributed by atoms with Crippen molar-refractivity contribution in [3.8, 4) is 5.69 Å². The number of carbonyl (C=O) groups is 1. The van der Waals surface area contributed by atoms with Crippen LogP contribution in [0.5, 0.6) is 0 Å². The molecular weight excluding hydrogens is 374 g/mol. The second-order valence-corrected chi connectivity index (χ2v) is 8.36. The molecule has 0 saturated carbocycles. The van der Waals surface area contributed by atoms with E-state index >= 15 is 0 Å². The lowest BCUT2D eigenvalue weighted by Gasteiger charge is -2.13. The van der Waals surface area contributed by atoms with Crippen molar-refractivity contribution >= 4 is 27.5 Å². The molecule has 1 aromatic carbocycles. The number of amides is 1. The molecule has 3 rings (SSSR count). The predicted molar refractivity (Wildman–Crippen MR) is 114 cm³/mol. The number of fused-ring (bicyclic) bond motifs is 1. The van der Waals surface area contributed by atoms with Gasteiger partial charge in [-0.3, -0.25) is 14.2 Å². The van der Waals surface area contributed by atoms with Gasteiger partial charge >= 0.3 is 5.69 Å². The number of nitrogens with one attached hydrogen (secondary N) is 1. The van der Waals surface area contributed by atoms with Gasteiger partial charge in [-0.15, -0.1) is 11.3 Å². The van der Waals surface area contributed by atoms with Gasteiger partial charge in [-0.05, 0) is 60.9 Å². The van der Waals surface area contributed by atoms with Crippen molar-refractivity contribution in [2.75, 3.05) is 6.54 Å². The molecule has 148 valence electrons. The fourth-order valence-electron chi connectivity index (χ4n) is 3.03. The average molecular weight is 400 g/mol. The number of nitrogens with zero attached hydrogens (tertiary/aromatic N) is 2. The topological polar surface area (TPSA) is 73.1 Å². The summed E-state index contributed by atoms with van der Waals surface area (Å²) in [4.78, 5) is 38.5. The maximum absolute atomic E-state index is 13.2. The van der Waals surface area contributed by atoms with E-state index in [1.54, 1.807) is 17.5 Å². The standard InChI is InChI=1S/C21H25N3O3S/c1-13(2)7-9-22-18(25)12-23-17-8-10-28-19(17)20(26)24(21(23)27)16-6-5-14(3)15(4)11-16/h5-6,8,10-11,13H,7,9,12H2,1-4H3,(H,22,25). The van der Waals surface area contributed by atoms with Crippen molar-refractivity contribution in [3.63, 3.8) is 0 Å². The molecule has 0 aliphatic rings. The van der Waals surface area contributed by atoms with Crippen LogP contribution in [0.3, 0.4) is 0 Å². The van der Waals surface area contributed by atoms with Gasteiger partial charge in [0.05, 0.1) is 11.2 Å². The van der Waals surface area contributed by atoms with Gasteiger partial charge in [0.15, 0.2) is 0 Å². The number of carbonyl (C=O) groups excluding carboxylic acids is 1. The Balaban J connectivity index is 2.07. The first-order chi connectivity index (χ1) is 13.3. The predicted octanol–water partition coefficient (Wildman–Crippen LogP) is 2.99. The molecule has 0 radical (unpaired) electrons. The lowest BCUT2D eigenvalue weighted by Crippen LogP contribution is -2.41. The van der Waals surface area contributed by atoms with Crippen LogP contribution in [0.15, 0.2) is 39.2 Å². The molecule has 6 nitrogen and oxygen atoms in total. The summed E-state index contributed by atoms with van der Waals surface area (Å²) in [6.07, 6.45) is 0.872. The Hall–Kier alpha value is -2.67. The molecule has 2 heterocycles. The van der Waals surface area contributed by atoms with E-state index in [0.29, 0.717) is 28.4 Å². The quantitative estimate of drug-likeness (QED) is 0.693. The van der Waals surface area contributed by atoms with Crippen LogP contribution in [0.2, 0.25) is 0 Å². The van der Waals surface area contributed by atoms with Crippen molar-refractivity contribution in [2.45, 2.75) is 40.7 Å². The van der Waals surface area contributed by atoms with Gasteiger partial charge in [-0.1, -0.05) is 19.9 Å². The lowest BCUT2D eigenvalue weighted by molar-refractivity contribution is -0.121. The second-order valence-electron chi connectivity index (χ2n) is 7.45. The first kappa shape index (κ1) is 20.1. The minimum Gasteiger partial charge on any atom is -0.355 e. The molecule has 0 unspecified atom stereocenters. The summed E-state index contributed by atoms with van der Waals surface area (Å²) < 4.78 is 3.01. The maximum atomic E-state index is 13.2. The molecule has 0 aliphatic carbocycles. The molecule has 3 aromatic rings. The number of aromatic nitrogens is 2. The largest absolute Gasteiger partial charge is 0.355 e. The van der Waals surface area contributed by atoms with E-state index in [4.69, 9.17) is 0 Å². The molecule has 28 heavy (non-hydrogen) atoms. The first-order valence-corrected chi connectivity index (χ1v) is 10.2. The van der Waals surface area contributed by atoms with E-state index in [2.05, 4.69) is 19.2 Å². The number of aryl methyl sites for hydroxylation is 2. The normalized spacial score (nSPS) is 11.3. The lowest BCUT2D eigenvalue weighted by atomic mass is 10.1. The molecule has 0 saturated heterocycles. The highest BCUT2D eigenvalue weighted by molar-refractivity contribution is 7.17. The van der Waals surface area contributed by atoms with Crippen molar-refractivity contribution < 1.29 is 4.79 Å². The Kier molecular flexibility index (Phi) is 5.84. The fraction of sp³-hybridized carbons (Fsp3) is 0.381. The Labute approximate surface area is 167 Å². The summed E-state index contributed by atoms with van der Waals surface area (Å²) >= 11 is 1.28. The SMILES string of the molecule is Cc1ccc(-n2c(=O)c3sccc3n(CC(=O)NCCC(C)C)c2=O)cc1C. The van der Waals surface area contributed by atoms with Crippen molar-refractivity contribution in [2.24, 2.45) is 5.92 Å². The highest BCUT2D eigenvalue weighted by Gasteiger charge is 2.17. The molecule has 7 heteroatoms. The van der Waals surface area contributed by atoms with E-state index in [0.717, 1.165) is 22.1 Å². The summed E-state index contributed by atoms with van der Waals surface area (Å²) in [5.41, 5.74) is 2.24. The second kappa shape index (κ2) is 8.14. The van der Waals surface area contributed by atoms with Crippen LogP contribution in [0.1, 0.15) is 31.4 Å². The van der Waals surface area contributed by atoms with Gasteiger partial charge < -0.3 is 5.32 Å². The van der Waals surface area contributed by atoms with Crippen molar-refractivity contribution in [3.05, 3.63) is 61.6 Å². The number of benzene rings is 1. The van der Waals surface area contributed by atoms with Crippen LogP contribution in [-0.4, -0.2) is 21.6 Å². The fourth-order valence-corrected chi connectivity index (χ4v) is 3.86. The van der Waals surface area contributed by atoms with E-state index < -0.39 is 5.69 Å². The smallest absolute Gasteiger partial charge is 0.336 e. The molecule has 0 atom stereocenters. The molecule has 1 amide bonds. The van der Waals surface area contributed by atoms with Gasteiger partial charge in [0.2, 0.25) is 5.91 Å². The van der Waals surface area contributed by atoms with Crippen molar-refractivity contribution in [1.29, 1.82) is 0 Å². The molecule has 0 fully saturated rings. The molecule has 0 bridgehead atoms. The van der Waals surface area contributed by atoms with Crippen LogP contribution < -0.4 is 16.6 Å². The molecule has 1 N–H and O–H groups in total.